The molecule has 0 spiro atoms. The fraction of sp³-hybridized carbons (Fsp3) is 0.762. The summed E-state index contributed by atoms with van der Waals surface area (Å²) >= 11 is 0. The quantitative estimate of drug-likeness (QED) is 0.788. The minimum Gasteiger partial charge on any atom is -0.507 e. The highest BCUT2D eigenvalue weighted by molar-refractivity contribution is 5.38. The Morgan fingerprint density at radius 2 is 1.75 bits per heavy atom. The topological polar surface area (TPSA) is 50.4 Å². The van der Waals surface area contributed by atoms with Gasteiger partial charge in [-0.15, -0.1) is 0 Å². The smallest absolute Gasteiger partial charge is 0.343 e. The second kappa shape index (κ2) is 5.12. The zero-order chi connectivity index (χ0) is 16.5. The highest BCUT2D eigenvalue weighted by Gasteiger charge is 2.49. The predicted octanol–water partition coefficient (Wildman–Crippen LogP) is 4.72. The average Bonchev–Trinajstić information content (AvgIpc) is 3.34. The third kappa shape index (κ3) is 2.60. The maximum absolute atomic E-state index is 12.8. The van der Waals surface area contributed by atoms with Gasteiger partial charge in [-0.05, 0) is 68.6 Å². The minimum absolute atomic E-state index is 0.0645. The van der Waals surface area contributed by atoms with Gasteiger partial charge in [0, 0.05) is 17.4 Å². The van der Waals surface area contributed by atoms with Crippen molar-refractivity contribution in [1.82, 2.24) is 0 Å². The van der Waals surface area contributed by atoms with Gasteiger partial charge in [-0.3, -0.25) is 0 Å². The van der Waals surface area contributed by atoms with Crippen LogP contribution in [-0.2, 0) is 5.41 Å². The summed E-state index contributed by atoms with van der Waals surface area (Å²) in [5, 5.41) is 10.8. The lowest BCUT2D eigenvalue weighted by Crippen LogP contribution is -2.28. The molecule has 1 atom stereocenters. The number of aromatic hydroxyl groups is 1. The van der Waals surface area contributed by atoms with Crippen LogP contribution >= 0.6 is 0 Å². The first-order valence-corrected chi connectivity index (χ1v) is 9.94. The van der Waals surface area contributed by atoms with Gasteiger partial charge < -0.3 is 9.52 Å². The highest BCUT2D eigenvalue weighted by atomic mass is 16.4. The molecule has 1 aromatic rings. The second-order valence-corrected chi connectivity index (χ2v) is 9.24. The Morgan fingerprint density at radius 3 is 2.21 bits per heavy atom. The molecule has 5 rings (SSSR count). The van der Waals surface area contributed by atoms with Crippen LogP contribution in [0, 0.1) is 23.7 Å². The van der Waals surface area contributed by atoms with E-state index in [9.17, 15) is 9.90 Å². The van der Waals surface area contributed by atoms with Crippen LogP contribution in [0.25, 0.3) is 0 Å². The summed E-state index contributed by atoms with van der Waals surface area (Å²) in [6, 6.07) is 1.81. The number of hydrogen-bond acceptors (Lipinski definition) is 3. The van der Waals surface area contributed by atoms with E-state index in [-0.39, 0.29) is 22.7 Å². The Labute approximate surface area is 143 Å². The van der Waals surface area contributed by atoms with Gasteiger partial charge in [-0.2, -0.15) is 0 Å². The highest BCUT2D eigenvalue weighted by Crippen LogP contribution is 2.57. The largest absolute Gasteiger partial charge is 0.507 e. The molecule has 4 aliphatic carbocycles. The van der Waals surface area contributed by atoms with E-state index in [0.717, 1.165) is 18.1 Å². The van der Waals surface area contributed by atoms with Crippen molar-refractivity contribution in [3.05, 3.63) is 27.8 Å². The molecule has 130 valence electrons. The Morgan fingerprint density at radius 1 is 1.12 bits per heavy atom. The van der Waals surface area contributed by atoms with Gasteiger partial charge in [0.2, 0.25) is 0 Å². The first-order chi connectivity index (χ1) is 11.6. The molecular formula is C21H28O3. The lowest BCUT2D eigenvalue weighted by Gasteiger charge is -2.29. The second-order valence-electron chi connectivity index (χ2n) is 9.24. The average molecular weight is 328 g/mol. The van der Waals surface area contributed by atoms with E-state index in [1.165, 1.54) is 51.4 Å². The molecular weight excluding hydrogens is 300 g/mol. The van der Waals surface area contributed by atoms with Crippen LogP contribution in [0.5, 0.6) is 5.75 Å². The van der Waals surface area contributed by atoms with Crippen LogP contribution < -0.4 is 5.63 Å². The van der Waals surface area contributed by atoms with E-state index >= 15 is 0 Å². The van der Waals surface area contributed by atoms with E-state index in [1.54, 1.807) is 0 Å². The molecule has 1 unspecified atom stereocenters. The molecule has 0 bridgehead atoms. The standard InChI is InChI=1S/C21H28O3/c1-21(15-8-9-15,11-12-2-3-12)17-10-16(22)19(20(23)24-17)18(13-4-5-13)14-6-7-14/h10,12-15,18,22H,2-9,11H2,1H3. The van der Waals surface area contributed by atoms with Gasteiger partial charge in [0.15, 0.2) is 0 Å². The Balaban J connectivity index is 1.52. The molecule has 24 heavy (non-hydrogen) atoms. The summed E-state index contributed by atoms with van der Waals surface area (Å²) in [4.78, 5) is 12.8. The van der Waals surface area contributed by atoms with Crippen LogP contribution in [0.3, 0.4) is 0 Å². The van der Waals surface area contributed by atoms with Gasteiger partial charge >= 0.3 is 5.63 Å². The van der Waals surface area contributed by atoms with Crippen LogP contribution in [0.4, 0.5) is 0 Å². The molecule has 3 nitrogen and oxygen atoms in total. The maximum Gasteiger partial charge on any atom is 0.343 e. The van der Waals surface area contributed by atoms with Gasteiger partial charge in [0.25, 0.3) is 0 Å². The normalized spacial score (nSPS) is 26.6. The van der Waals surface area contributed by atoms with E-state index < -0.39 is 0 Å². The van der Waals surface area contributed by atoms with Gasteiger partial charge in [-0.1, -0.05) is 19.8 Å². The molecule has 1 heterocycles. The van der Waals surface area contributed by atoms with Crippen molar-refractivity contribution in [3.8, 4) is 5.75 Å². The lowest BCUT2D eigenvalue weighted by molar-refractivity contribution is 0.265. The summed E-state index contributed by atoms with van der Waals surface area (Å²) < 4.78 is 5.91. The molecule has 4 fully saturated rings. The maximum atomic E-state index is 12.8. The molecule has 0 aliphatic heterocycles. The van der Waals surface area contributed by atoms with E-state index in [0.29, 0.717) is 23.3 Å². The van der Waals surface area contributed by atoms with Crippen molar-refractivity contribution < 1.29 is 9.52 Å². The molecule has 0 aromatic carbocycles. The summed E-state index contributed by atoms with van der Waals surface area (Å²) in [5.41, 5.74) is 0.273. The van der Waals surface area contributed by atoms with E-state index in [4.69, 9.17) is 4.42 Å². The predicted molar refractivity (Wildman–Crippen MR) is 92.2 cm³/mol. The third-order valence-corrected chi connectivity index (χ3v) is 7.01. The zero-order valence-corrected chi connectivity index (χ0v) is 14.6. The Kier molecular flexibility index (Phi) is 3.21. The molecule has 3 heteroatoms. The minimum atomic E-state index is -0.253. The van der Waals surface area contributed by atoms with Gasteiger partial charge in [0.1, 0.15) is 11.5 Å². The van der Waals surface area contributed by atoms with Crippen molar-refractivity contribution in [2.75, 3.05) is 0 Å². The van der Waals surface area contributed by atoms with Crippen LogP contribution in [0.15, 0.2) is 15.3 Å². The Hall–Kier alpha value is -1.25. The molecule has 4 saturated carbocycles. The molecule has 0 amide bonds. The SMILES string of the molecule is CC(CC1CC1)(c1cc(O)c(C(C2CC2)C2CC2)c(=O)o1)C1CC1. The summed E-state index contributed by atoms with van der Waals surface area (Å²) in [6.45, 7) is 2.25. The van der Waals surface area contributed by atoms with E-state index in [1.807, 2.05) is 6.07 Å². The first-order valence-electron chi connectivity index (χ1n) is 9.94. The van der Waals surface area contributed by atoms with Crippen molar-refractivity contribution in [2.24, 2.45) is 23.7 Å². The van der Waals surface area contributed by atoms with Crippen LogP contribution in [-0.4, -0.2) is 5.11 Å². The summed E-state index contributed by atoms with van der Waals surface area (Å²) in [6.07, 6.45) is 11.0. The van der Waals surface area contributed by atoms with Crippen molar-refractivity contribution in [3.63, 3.8) is 0 Å². The van der Waals surface area contributed by atoms with Crippen molar-refractivity contribution >= 4 is 0 Å². The Bertz CT molecular complexity index is 692. The molecule has 1 aromatic heterocycles. The monoisotopic (exact) mass is 328 g/mol. The zero-order valence-electron chi connectivity index (χ0n) is 14.6. The summed E-state index contributed by atoms with van der Waals surface area (Å²) in [5.74, 6) is 3.80. The van der Waals surface area contributed by atoms with Crippen LogP contribution in [0.2, 0.25) is 0 Å². The lowest BCUT2D eigenvalue weighted by atomic mass is 9.77. The summed E-state index contributed by atoms with van der Waals surface area (Å²) in [7, 11) is 0. The number of hydrogen-bond donors (Lipinski definition) is 1. The third-order valence-electron chi connectivity index (χ3n) is 7.01. The van der Waals surface area contributed by atoms with Crippen molar-refractivity contribution in [2.45, 2.75) is 76.0 Å². The fourth-order valence-corrected chi connectivity index (χ4v) is 4.96. The molecule has 4 aliphatic rings. The fourth-order valence-electron chi connectivity index (χ4n) is 4.96. The van der Waals surface area contributed by atoms with E-state index in [2.05, 4.69) is 6.92 Å². The first kappa shape index (κ1) is 15.0. The number of rotatable bonds is 7. The molecule has 0 radical (unpaired) electrons. The van der Waals surface area contributed by atoms with Crippen molar-refractivity contribution in [1.29, 1.82) is 0 Å². The van der Waals surface area contributed by atoms with Gasteiger partial charge in [0.05, 0.1) is 5.56 Å². The van der Waals surface area contributed by atoms with Crippen LogP contribution in [0.1, 0.15) is 82.0 Å². The molecule has 1 N–H and O–H groups in total. The molecule has 0 saturated heterocycles. The van der Waals surface area contributed by atoms with Gasteiger partial charge in [-0.25, -0.2) is 4.79 Å².